The Labute approximate surface area is 176 Å². The number of benzene rings is 1. The van der Waals surface area contributed by atoms with Crippen LogP contribution in [0.2, 0.25) is 14.8 Å². The van der Waals surface area contributed by atoms with Crippen LogP contribution in [-0.4, -0.2) is 32.7 Å². The molecule has 4 N–H and O–H groups in total. The summed E-state index contributed by atoms with van der Waals surface area (Å²) in [6, 6.07) is 6.45. The minimum absolute atomic E-state index is 0.0524. The molecule has 2 aromatic heterocycles. The first-order chi connectivity index (χ1) is 13.6. The average Bonchev–Trinajstić information content (AvgIpc) is 3.04. The number of hydrogen-bond donors (Lipinski definition) is 2. The van der Waals surface area contributed by atoms with E-state index in [1.165, 1.54) is 19.4 Å². The van der Waals surface area contributed by atoms with Crippen LogP contribution >= 0.6 is 0 Å². The van der Waals surface area contributed by atoms with E-state index in [0.29, 0.717) is 12.5 Å². The van der Waals surface area contributed by atoms with E-state index in [1.54, 1.807) is 7.05 Å². The van der Waals surface area contributed by atoms with Crippen molar-refractivity contribution in [3.05, 3.63) is 58.0 Å². The third kappa shape index (κ3) is 4.84. The van der Waals surface area contributed by atoms with Crippen molar-refractivity contribution in [1.82, 2.24) is 14.3 Å². The number of fused-ring (bicyclic) bond motifs is 1. The summed E-state index contributed by atoms with van der Waals surface area (Å²) in [5.41, 5.74) is 7.49. The summed E-state index contributed by atoms with van der Waals surface area (Å²) in [7, 11) is 1.72. The SMILES string of the molecule is CC(C)Cc1nn(C)c(=O)c2cn(Cc3ccc(N[NH2+][NH-])[c]([Sn]([CH3])([CH3])[CH3])c3)cc12. The zero-order valence-electron chi connectivity index (χ0n) is 18.2. The van der Waals surface area contributed by atoms with Gasteiger partial charge in [-0.1, -0.05) is 0 Å². The maximum atomic E-state index is 12.6. The molecule has 0 radical (unpaired) electrons. The fourth-order valence-corrected chi connectivity index (χ4v) is 8.23. The Hall–Kier alpha value is -1.84. The second-order valence-corrected chi connectivity index (χ2v) is 23.5. The van der Waals surface area contributed by atoms with Gasteiger partial charge < -0.3 is 0 Å². The number of nitrogen functional groups attached to an aromatic ring is 1. The molecule has 0 aliphatic rings. The molecule has 0 saturated heterocycles. The second kappa shape index (κ2) is 8.49. The molecular weight excluding hydrogens is 471 g/mol. The minimum atomic E-state index is -2.36. The van der Waals surface area contributed by atoms with Crippen LogP contribution < -0.4 is 20.1 Å². The Kier molecular flexibility index (Phi) is 6.40. The van der Waals surface area contributed by atoms with Gasteiger partial charge in [-0.2, -0.15) is 0 Å². The van der Waals surface area contributed by atoms with Gasteiger partial charge >= 0.3 is 176 Å². The van der Waals surface area contributed by atoms with Crippen LogP contribution in [0.1, 0.15) is 25.1 Å². The predicted octanol–water partition coefficient (Wildman–Crippen LogP) is 2.38. The number of nitrogens with zero attached hydrogens (tertiary/aromatic N) is 3. The molecule has 0 bridgehead atoms. The fourth-order valence-electron chi connectivity index (χ4n) is 3.72. The molecule has 156 valence electrons. The predicted molar refractivity (Wildman–Crippen MR) is 122 cm³/mol. The summed E-state index contributed by atoms with van der Waals surface area (Å²) in [6.45, 7) is 5.04. The Morgan fingerprint density at radius 1 is 1.21 bits per heavy atom. The van der Waals surface area contributed by atoms with E-state index in [4.69, 9.17) is 5.84 Å². The van der Waals surface area contributed by atoms with E-state index in [-0.39, 0.29) is 5.56 Å². The molecule has 0 atom stereocenters. The van der Waals surface area contributed by atoms with E-state index < -0.39 is 18.4 Å². The molecule has 3 rings (SSSR count). The van der Waals surface area contributed by atoms with Crippen molar-refractivity contribution >= 4 is 38.4 Å². The number of nitrogens with two attached hydrogens (primary N) is 1. The van der Waals surface area contributed by atoms with E-state index in [0.717, 1.165) is 28.6 Å². The molecule has 1 aromatic carbocycles. The molecule has 0 saturated carbocycles. The van der Waals surface area contributed by atoms with Gasteiger partial charge in [-0.15, -0.1) is 0 Å². The molecule has 0 aliphatic heterocycles. The van der Waals surface area contributed by atoms with Crippen molar-refractivity contribution in [3.63, 3.8) is 0 Å². The number of aromatic nitrogens is 3. The van der Waals surface area contributed by atoms with Gasteiger partial charge in [-0.05, 0) is 0 Å². The number of quaternary nitrogens is 1. The van der Waals surface area contributed by atoms with Crippen molar-refractivity contribution in [3.8, 4) is 0 Å². The first kappa shape index (κ1) is 21.9. The Bertz CT molecular complexity index is 1080. The molecule has 0 amide bonds. The van der Waals surface area contributed by atoms with E-state index >= 15 is 0 Å². The van der Waals surface area contributed by atoms with Crippen LogP contribution in [-0.2, 0) is 20.0 Å². The van der Waals surface area contributed by atoms with Crippen LogP contribution in [0.3, 0.4) is 0 Å². The number of hydrogen-bond acceptors (Lipinski definition) is 3. The Morgan fingerprint density at radius 3 is 2.52 bits per heavy atom. The molecule has 0 aliphatic carbocycles. The molecule has 0 spiro atoms. The molecule has 0 fully saturated rings. The standard InChI is InChI=1S/C18H23N6O.3CH3.Sn/c1-12(2)8-17-15-10-24(11-16(15)18(25)23(3)21-17)9-13-4-6-14(7-5-13)20-22-19;;;;/h4-6,10-12,19-20H,8-9,22H2,1-3H3;3*1H3;. The Balaban J connectivity index is 2.02. The van der Waals surface area contributed by atoms with E-state index in [9.17, 15) is 4.79 Å². The van der Waals surface area contributed by atoms with Crippen LogP contribution in [0, 0.1) is 5.92 Å². The normalized spacial score (nSPS) is 12.1. The van der Waals surface area contributed by atoms with Gasteiger partial charge in [0.15, 0.2) is 0 Å². The number of aryl methyl sites for hydroxylation is 1. The van der Waals surface area contributed by atoms with Crippen LogP contribution in [0.4, 0.5) is 5.69 Å². The summed E-state index contributed by atoms with van der Waals surface area (Å²) < 4.78 is 4.92. The number of nitrogens with one attached hydrogen (secondary N) is 2. The Morgan fingerprint density at radius 2 is 1.90 bits per heavy atom. The van der Waals surface area contributed by atoms with Gasteiger partial charge in [0.05, 0.1) is 0 Å². The second-order valence-electron chi connectivity index (χ2n) is 9.15. The third-order valence-electron chi connectivity index (χ3n) is 5.07. The van der Waals surface area contributed by atoms with Crippen molar-refractivity contribution in [1.29, 1.82) is 0 Å². The molecule has 7 nitrogen and oxygen atoms in total. The third-order valence-corrected chi connectivity index (χ3v) is 10.9. The summed E-state index contributed by atoms with van der Waals surface area (Å²) in [4.78, 5) is 19.7. The van der Waals surface area contributed by atoms with Crippen LogP contribution in [0.5, 0.6) is 0 Å². The van der Waals surface area contributed by atoms with Crippen LogP contribution in [0.15, 0.2) is 35.4 Å². The fraction of sp³-hybridized carbons (Fsp3) is 0.429. The number of rotatable bonds is 7. The first-order valence-corrected chi connectivity index (χ1v) is 20.0. The van der Waals surface area contributed by atoms with Crippen molar-refractivity contribution in [2.24, 2.45) is 13.0 Å². The first-order valence-electron chi connectivity index (χ1n) is 10.0. The molecule has 3 aromatic rings. The van der Waals surface area contributed by atoms with E-state index in [2.05, 4.69) is 68.2 Å². The zero-order chi connectivity index (χ0) is 21.3. The van der Waals surface area contributed by atoms with Crippen molar-refractivity contribution in [2.45, 2.75) is 41.6 Å². The summed E-state index contributed by atoms with van der Waals surface area (Å²) >= 11 is -2.36. The topological polar surface area (TPSA) is 92.3 Å². The molecular formula is C21H32N6OSn. The summed E-state index contributed by atoms with van der Waals surface area (Å²) in [5, 5.41) is 6.20. The molecule has 8 heteroatoms. The maximum absolute atomic E-state index is 12.6. The zero-order valence-corrected chi connectivity index (χ0v) is 21.1. The van der Waals surface area contributed by atoms with Gasteiger partial charge in [0.25, 0.3) is 0 Å². The average molecular weight is 503 g/mol. The quantitative estimate of drug-likeness (QED) is 0.295. The van der Waals surface area contributed by atoms with Crippen LogP contribution in [0.25, 0.3) is 16.6 Å². The molecule has 0 unspecified atom stereocenters. The van der Waals surface area contributed by atoms with Crippen molar-refractivity contribution in [2.75, 3.05) is 5.43 Å². The summed E-state index contributed by atoms with van der Waals surface area (Å²) in [5.74, 6) is 7.86. The van der Waals surface area contributed by atoms with Gasteiger partial charge in [0, 0.05) is 0 Å². The van der Waals surface area contributed by atoms with E-state index in [1.807, 2.05) is 6.20 Å². The van der Waals surface area contributed by atoms with Gasteiger partial charge in [-0.3, -0.25) is 0 Å². The summed E-state index contributed by atoms with van der Waals surface area (Å²) in [6.07, 6.45) is 4.86. The van der Waals surface area contributed by atoms with Gasteiger partial charge in [-0.25, -0.2) is 0 Å². The monoisotopic (exact) mass is 504 g/mol. The molecule has 2 heterocycles. The van der Waals surface area contributed by atoms with Gasteiger partial charge in [0.1, 0.15) is 0 Å². The molecule has 29 heavy (non-hydrogen) atoms. The van der Waals surface area contributed by atoms with Crippen molar-refractivity contribution < 1.29 is 5.53 Å². The van der Waals surface area contributed by atoms with Gasteiger partial charge in [0.2, 0.25) is 0 Å². The number of anilines is 1.